The molecule has 2 aromatic carbocycles. The summed E-state index contributed by atoms with van der Waals surface area (Å²) in [5.41, 5.74) is 2.58. The number of hydrogen-bond acceptors (Lipinski definition) is 5. The van der Waals surface area contributed by atoms with Crippen LogP contribution in [0.25, 0.3) is 11.1 Å². The molecule has 0 spiro atoms. The van der Waals surface area contributed by atoms with E-state index in [2.05, 4.69) is 23.7 Å². The largest absolute Gasteiger partial charge is 0.439 e. The van der Waals surface area contributed by atoms with Crippen molar-refractivity contribution in [3.63, 3.8) is 0 Å². The molecular formula is C22H26ClN3O3S. The molecule has 0 radical (unpaired) electrons. The molecule has 1 aliphatic rings. The Morgan fingerprint density at radius 1 is 1.07 bits per heavy atom. The van der Waals surface area contributed by atoms with Gasteiger partial charge in [-0.05, 0) is 54.8 Å². The van der Waals surface area contributed by atoms with Gasteiger partial charge in [0.2, 0.25) is 15.9 Å². The summed E-state index contributed by atoms with van der Waals surface area (Å²) < 4.78 is 33.6. The van der Waals surface area contributed by atoms with Gasteiger partial charge in [0.05, 0.1) is 11.4 Å². The molecule has 0 aliphatic carbocycles. The topological polar surface area (TPSA) is 66.7 Å². The Bertz CT molecular complexity index is 1130. The highest BCUT2D eigenvalue weighted by molar-refractivity contribution is 7.89. The Hall–Kier alpha value is -1.93. The monoisotopic (exact) mass is 447 g/mol. The summed E-state index contributed by atoms with van der Waals surface area (Å²) in [7, 11) is -3.50. The SMILES string of the molecule is CC(C)c1ccc(S(=O)(=O)N2CCCN(Cc3nc4cc(Cl)ccc4o3)CC2)cc1. The van der Waals surface area contributed by atoms with Crippen LogP contribution >= 0.6 is 11.6 Å². The first-order valence-corrected chi connectivity index (χ1v) is 12.0. The molecule has 0 unspecified atom stereocenters. The molecule has 0 N–H and O–H groups in total. The number of oxazole rings is 1. The Morgan fingerprint density at radius 3 is 2.57 bits per heavy atom. The van der Waals surface area contributed by atoms with Gasteiger partial charge in [-0.15, -0.1) is 0 Å². The van der Waals surface area contributed by atoms with Gasteiger partial charge >= 0.3 is 0 Å². The van der Waals surface area contributed by atoms with Crippen molar-refractivity contribution in [1.29, 1.82) is 0 Å². The van der Waals surface area contributed by atoms with Crippen LogP contribution in [0.2, 0.25) is 5.02 Å². The predicted octanol–water partition coefficient (Wildman–Crippen LogP) is 4.50. The van der Waals surface area contributed by atoms with Crippen molar-refractivity contribution >= 4 is 32.7 Å². The first-order valence-electron chi connectivity index (χ1n) is 10.2. The minimum Gasteiger partial charge on any atom is -0.439 e. The second kappa shape index (κ2) is 8.67. The van der Waals surface area contributed by atoms with Gasteiger partial charge in [0.1, 0.15) is 5.52 Å². The van der Waals surface area contributed by atoms with Crippen LogP contribution in [0.4, 0.5) is 0 Å². The quantitative estimate of drug-likeness (QED) is 0.576. The number of nitrogens with zero attached hydrogens (tertiary/aromatic N) is 3. The maximum Gasteiger partial charge on any atom is 0.243 e. The average Bonchev–Trinajstić information content (AvgIpc) is 2.95. The first-order chi connectivity index (χ1) is 14.3. The first kappa shape index (κ1) is 21.3. The molecule has 3 aromatic rings. The second-order valence-electron chi connectivity index (χ2n) is 7.98. The molecule has 6 nitrogen and oxygen atoms in total. The van der Waals surface area contributed by atoms with Crippen molar-refractivity contribution in [3.05, 3.63) is 58.9 Å². The summed E-state index contributed by atoms with van der Waals surface area (Å²) >= 11 is 6.02. The van der Waals surface area contributed by atoms with Crippen LogP contribution in [0.3, 0.4) is 0 Å². The summed E-state index contributed by atoms with van der Waals surface area (Å²) in [5, 5.41) is 0.624. The lowest BCUT2D eigenvalue weighted by Gasteiger charge is -2.21. The maximum atomic E-state index is 13.1. The van der Waals surface area contributed by atoms with Crippen molar-refractivity contribution in [3.8, 4) is 0 Å². The van der Waals surface area contributed by atoms with Gasteiger partial charge in [-0.2, -0.15) is 4.31 Å². The molecule has 1 aliphatic heterocycles. The van der Waals surface area contributed by atoms with Gasteiger partial charge in [-0.1, -0.05) is 37.6 Å². The molecule has 1 fully saturated rings. The summed E-state index contributed by atoms with van der Waals surface area (Å²) in [4.78, 5) is 7.05. The van der Waals surface area contributed by atoms with Crippen LogP contribution < -0.4 is 0 Å². The number of hydrogen-bond donors (Lipinski definition) is 0. The number of aromatic nitrogens is 1. The van der Waals surface area contributed by atoms with Crippen LogP contribution in [0.1, 0.15) is 37.6 Å². The molecule has 4 rings (SSSR count). The van der Waals surface area contributed by atoms with E-state index < -0.39 is 10.0 Å². The molecule has 1 saturated heterocycles. The molecule has 0 amide bonds. The van der Waals surface area contributed by atoms with Gasteiger partial charge in [-0.25, -0.2) is 13.4 Å². The Labute approximate surface area is 182 Å². The molecule has 1 aromatic heterocycles. The molecule has 0 saturated carbocycles. The smallest absolute Gasteiger partial charge is 0.243 e. The minimum absolute atomic E-state index is 0.358. The molecule has 0 bridgehead atoms. The molecule has 2 heterocycles. The fourth-order valence-electron chi connectivity index (χ4n) is 3.73. The van der Waals surface area contributed by atoms with Crippen LogP contribution in [-0.2, 0) is 16.6 Å². The zero-order chi connectivity index (χ0) is 21.3. The van der Waals surface area contributed by atoms with Gasteiger partial charge in [0, 0.05) is 24.7 Å². The van der Waals surface area contributed by atoms with E-state index in [9.17, 15) is 8.42 Å². The van der Waals surface area contributed by atoms with E-state index in [-0.39, 0.29) is 0 Å². The summed E-state index contributed by atoms with van der Waals surface area (Å²) in [6.45, 7) is 7.11. The Morgan fingerprint density at radius 2 is 1.83 bits per heavy atom. The predicted molar refractivity (Wildman–Crippen MR) is 118 cm³/mol. The zero-order valence-corrected chi connectivity index (χ0v) is 18.8. The van der Waals surface area contributed by atoms with Crippen LogP contribution in [0.15, 0.2) is 51.8 Å². The fourth-order valence-corrected chi connectivity index (χ4v) is 5.36. The second-order valence-corrected chi connectivity index (χ2v) is 10.4. The van der Waals surface area contributed by atoms with E-state index in [4.69, 9.17) is 16.0 Å². The Balaban J connectivity index is 1.43. The highest BCUT2D eigenvalue weighted by Crippen LogP contribution is 2.23. The fraction of sp³-hybridized carbons (Fsp3) is 0.409. The van der Waals surface area contributed by atoms with E-state index in [0.29, 0.717) is 53.5 Å². The molecule has 30 heavy (non-hydrogen) atoms. The number of halogens is 1. The van der Waals surface area contributed by atoms with Gasteiger partial charge in [0.25, 0.3) is 0 Å². The number of sulfonamides is 1. The van der Waals surface area contributed by atoms with Crippen molar-refractivity contribution < 1.29 is 12.8 Å². The summed E-state index contributed by atoms with van der Waals surface area (Å²) in [6, 6.07) is 12.6. The molecule has 8 heteroatoms. The summed E-state index contributed by atoms with van der Waals surface area (Å²) in [5.74, 6) is 0.990. The molecule has 160 valence electrons. The third-order valence-corrected chi connectivity index (χ3v) is 7.63. The van der Waals surface area contributed by atoms with Gasteiger partial charge < -0.3 is 4.42 Å². The average molecular weight is 448 g/mol. The minimum atomic E-state index is -3.50. The van der Waals surface area contributed by atoms with Crippen molar-refractivity contribution in [2.45, 2.75) is 37.6 Å². The highest BCUT2D eigenvalue weighted by atomic mass is 35.5. The van der Waals surface area contributed by atoms with Crippen LogP contribution in [0.5, 0.6) is 0 Å². The van der Waals surface area contributed by atoms with Crippen molar-refractivity contribution in [1.82, 2.24) is 14.2 Å². The van der Waals surface area contributed by atoms with Crippen LogP contribution in [0, 0.1) is 0 Å². The molecular weight excluding hydrogens is 422 g/mol. The third-order valence-electron chi connectivity index (χ3n) is 5.48. The van der Waals surface area contributed by atoms with E-state index in [1.807, 2.05) is 18.2 Å². The van der Waals surface area contributed by atoms with Crippen LogP contribution in [-0.4, -0.2) is 48.8 Å². The van der Waals surface area contributed by atoms with E-state index in [1.165, 1.54) is 0 Å². The normalized spacial score (nSPS) is 16.9. The maximum absolute atomic E-state index is 13.1. The number of benzene rings is 2. The summed E-state index contributed by atoms with van der Waals surface area (Å²) in [6.07, 6.45) is 0.759. The number of fused-ring (bicyclic) bond motifs is 1. The lowest BCUT2D eigenvalue weighted by molar-refractivity contribution is 0.253. The number of rotatable bonds is 5. The van der Waals surface area contributed by atoms with E-state index >= 15 is 0 Å². The van der Waals surface area contributed by atoms with Gasteiger partial charge in [-0.3, -0.25) is 4.90 Å². The third kappa shape index (κ3) is 4.54. The van der Waals surface area contributed by atoms with Crippen molar-refractivity contribution in [2.75, 3.05) is 26.2 Å². The standard InChI is InChI=1S/C22H26ClN3O3S/c1-16(2)17-4-7-19(8-5-17)30(27,28)26-11-3-10-25(12-13-26)15-22-24-20-14-18(23)6-9-21(20)29-22/h4-9,14,16H,3,10-13,15H2,1-2H3. The van der Waals surface area contributed by atoms with Crippen molar-refractivity contribution in [2.24, 2.45) is 0 Å². The van der Waals surface area contributed by atoms with E-state index in [1.54, 1.807) is 28.6 Å². The zero-order valence-electron chi connectivity index (χ0n) is 17.2. The Kier molecular flexibility index (Phi) is 6.16. The van der Waals surface area contributed by atoms with E-state index in [0.717, 1.165) is 24.0 Å². The molecule has 0 atom stereocenters. The highest BCUT2D eigenvalue weighted by Gasteiger charge is 2.27. The van der Waals surface area contributed by atoms with Gasteiger partial charge in [0.15, 0.2) is 5.58 Å². The lowest BCUT2D eigenvalue weighted by atomic mass is 10.0. The lowest BCUT2D eigenvalue weighted by Crippen LogP contribution is -2.35.